The monoisotopic (exact) mass is 380 g/mol. The summed E-state index contributed by atoms with van der Waals surface area (Å²) in [5.74, 6) is 3.51. The Kier molecular flexibility index (Phi) is 6.90. The summed E-state index contributed by atoms with van der Waals surface area (Å²) in [7, 11) is -1.76. The van der Waals surface area contributed by atoms with Crippen LogP contribution in [0.5, 0.6) is 0 Å². The molecular formula is C23H44O2Si. The molecule has 26 heavy (non-hydrogen) atoms. The molecule has 0 aromatic carbocycles. The molecule has 0 radical (unpaired) electrons. The molecule has 0 spiro atoms. The van der Waals surface area contributed by atoms with E-state index in [1.54, 1.807) is 0 Å². The molecule has 0 unspecified atom stereocenters. The van der Waals surface area contributed by atoms with Gasteiger partial charge in [0.2, 0.25) is 0 Å². The first-order valence-electron chi connectivity index (χ1n) is 10.9. The summed E-state index contributed by atoms with van der Waals surface area (Å²) in [5, 5.41) is 11.0. The molecule has 0 aromatic rings. The van der Waals surface area contributed by atoms with E-state index in [0.717, 1.165) is 19.4 Å². The van der Waals surface area contributed by atoms with Crippen molar-refractivity contribution in [2.24, 2.45) is 35.5 Å². The number of aliphatic hydroxyl groups is 1. The Bertz CT molecular complexity index is 505. The number of fused-ring (bicyclic) bond motifs is 1. The molecule has 0 bridgehead atoms. The number of aliphatic hydroxyl groups excluding tert-OH is 1. The zero-order valence-electron chi connectivity index (χ0n) is 18.8. The van der Waals surface area contributed by atoms with Crippen LogP contribution in [0.15, 0.2) is 11.6 Å². The van der Waals surface area contributed by atoms with Crippen molar-refractivity contribution < 1.29 is 9.53 Å². The summed E-state index contributed by atoms with van der Waals surface area (Å²) in [4.78, 5) is 0. The summed E-state index contributed by atoms with van der Waals surface area (Å²) in [5.41, 5.74) is 1.52. The van der Waals surface area contributed by atoms with Gasteiger partial charge in [0.1, 0.15) is 0 Å². The third-order valence-electron chi connectivity index (χ3n) is 8.20. The number of hydrogen-bond donors (Lipinski definition) is 1. The van der Waals surface area contributed by atoms with E-state index in [9.17, 15) is 5.11 Å². The van der Waals surface area contributed by atoms with E-state index in [1.807, 2.05) is 0 Å². The van der Waals surface area contributed by atoms with Crippen molar-refractivity contribution in [3.63, 3.8) is 0 Å². The molecule has 0 saturated heterocycles. The largest absolute Gasteiger partial charge is 0.417 e. The van der Waals surface area contributed by atoms with E-state index < -0.39 is 8.32 Å². The molecule has 0 heterocycles. The van der Waals surface area contributed by atoms with Gasteiger partial charge in [0.15, 0.2) is 8.32 Å². The van der Waals surface area contributed by atoms with Crippen molar-refractivity contribution in [1.29, 1.82) is 0 Å². The second-order valence-corrected chi connectivity index (χ2v) is 15.7. The highest BCUT2D eigenvalue weighted by molar-refractivity contribution is 6.74. The fourth-order valence-electron chi connectivity index (χ4n) is 5.52. The van der Waals surface area contributed by atoms with Gasteiger partial charge in [0, 0.05) is 6.61 Å². The number of allylic oxidation sites excluding steroid dienone is 2. The molecule has 0 aliphatic heterocycles. The molecule has 0 amide bonds. The molecule has 7 atom stereocenters. The number of rotatable bonds is 4. The minimum Gasteiger partial charge on any atom is -0.417 e. The van der Waals surface area contributed by atoms with Crippen molar-refractivity contribution in [3.05, 3.63) is 11.6 Å². The van der Waals surface area contributed by atoms with Crippen molar-refractivity contribution in [2.45, 2.75) is 92.0 Å². The maximum absolute atomic E-state index is 10.8. The molecular weight excluding hydrogens is 336 g/mol. The molecule has 2 aliphatic rings. The van der Waals surface area contributed by atoms with Crippen molar-refractivity contribution in [3.8, 4) is 0 Å². The molecule has 0 aromatic heterocycles. The van der Waals surface area contributed by atoms with Gasteiger partial charge in [0.25, 0.3) is 0 Å². The highest BCUT2D eigenvalue weighted by atomic mass is 28.4. The highest BCUT2D eigenvalue weighted by Crippen LogP contribution is 2.53. The van der Waals surface area contributed by atoms with Crippen LogP contribution in [0, 0.1) is 35.5 Å². The normalized spacial score (nSPS) is 39.6. The van der Waals surface area contributed by atoms with E-state index >= 15 is 0 Å². The SMILES string of the molecule is CC=C(C)[C@H]1[C@@H](CO[Si](C)(C)C(C)(C)C)[C@H]2[C@@H](C[C@@H]1C)[C@@H](O)CC[C@@H]2C. The van der Waals surface area contributed by atoms with Crippen LogP contribution in [0.2, 0.25) is 18.1 Å². The predicted molar refractivity (Wildman–Crippen MR) is 115 cm³/mol. The van der Waals surface area contributed by atoms with E-state index in [1.165, 1.54) is 12.0 Å². The number of hydrogen-bond acceptors (Lipinski definition) is 2. The van der Waals surface area contributed by atoms with Crippen LogP contribution in [0.25, 0.3) is 0 Å². The van der Waals surface area contributed by atoms with Crippen LogP contribution in [-0.4, -0.2) is 26.1 Å². The smallest absolute Gasteiger partial charge is 0.191 e. The minimum atomic E-state index is -1.76. The standard InChI is InChI=1S/C23H44O2Si/c1-10-15(2)21-17(4)13-18-20(24)12-11-16(3)22(18)19(21)14-25-26(8,9)23(5,6)7/h10,16-22,24H,11-14H2,1-9H3/t16-,17-,18-,19+,20-,21+,22+/m0/s1. The van der Waals surface area contributed by atoms with Gasteiger partial charge in [-0.1, -0.05) is 46.3 Å². The van der Waals surface area contributed by atoms with Gasteiger partial charge >= 0.3 is 0 Å². The van der Waals surface area contributed by atoms with Gasteiger partial charge in [-0.15, -0.1) is 0 Å². The predicted octanol–water partition coefficient (Wildman–Crippen LogP) is 6.27. The van der Waals surface area contributed by atoms with Gasteiger partial charge in [-0.05, 0) is 86.7 Å². The summed E-state index contributed by atoms with van der Waals surface area (Å²) >= 11 is 0. The summed E-state index contributed by atoms with van der Waals surface area (Å²) in [6.45, 7) is 21.9. The molecule has 152 valence electrons. The topological polar surface area (TPSA) is 29.5 Å². The Balaban J connectivity index is 2.33. The van der Waals surface area contributed by atoms with E-state index in [2.05, 4.69) is 67.6 Å². The van der Waals surface area contributed by atoms with Crippen LogP contribution < -0.4 is 0 Å². The van der Waals surface area contributed by atoms with Crippen molar-refractivity contribution >= 4 is 8.32 Å². The lowest BCUT2D eigenvalue weighted by Gasteiger charge is -2.54. The van der Waals surface area contributed by atoms with Gasteiger partial charge in [-0.2, -0.15) is 0 Å². The van der Waals surface area contributed by atoms with Crippen molar-refractivity contribution in [2.75, 3.05) is 6.61 Å². The Morgan fingerprint density at radius 3 is 2.31 bits per heavy atom. The quantitative estimate of drug-likeness (QED) is 0.460. The molecule has 2 aliphatic carbocycles. The lowest BCUT2D eigenvalue weighted by atomic mass is 9.53. The first kappa shape index (κ1) is 22.2. The first-order valence-corrected chi connectivity index (χ1v) is 13.8. The summed E-state index contributed by atoms with van der Waals surface area (Å²) < 4.78 is 6.77. The van der Waals surface area contributed by atoms with E-state index in [-0.39, 0.29) is 11.1 Å². The third kappa shape index (κ3) is 4.30. The van der Waals surface area contributed by atoms with Crippen LogP contribution in [0.3, 0.4) is 0 Å². The second kappa shape index (κ2) is 8.09. The van der Waals surface area contributed by atoms with Crippen LogP contribution >= 0.6 is 0 Å². The zero-order chi connectivity index (χ0) is 19.9. The zero-order valence-corrected chi connectivity index (χ0v) is 19.8. The molecule has 2 nitrogen and oxygen atoms in total. The molecule has 2 fully saturated rings. The van der Waals surface area contributed by atoms with E-state index in [0.29, 0.717) is 35.5 Å². The average molecular weight is 381 g/mol. The second-order valence-electron chi connectivity index (χ2n) is 10.9. The summed E-state index contributed by atoms with van der Waals surface area (Å²) in [6, 6.07) is 0. The average Bonchev–Trinajstić information content (AvgIpc) is 2.54. The Labute approximate surface area is 163 Å². The van der Waals surface area contributed by atoms with Crippen LogP contribution in [-0.2, 0) is 4.43 Å². The molecule has 2 saturated carbocycles. The molecule has 1 N–H and O–H groups in total. The van der Waals surface area contributed by atoms with Gasteiger partial charge in [-0.25, -0.2) is 0 Å². The first-order chi connectivity index (χ1) is 11.9. The third-order valence-corrected chi connectivity index (χ3v) is 12.7. The van der Waals surface area contributed by atoms with Gasteiger partial charge < -0.3 is 9.53 Å². The minimum absolute atomic E-state index is 0.110. The summed E-state index contributed by atoms with van der Waals surface area (Å²) in [6.07, 6.45) is 5.52. The lowest BCUT2D eigenvalue weighted by molar-refractivity contribution is -0.0849. The van der Waals surface area contributed by atoms with E-state index in [4.69, 9.17) is 4.43 Å². The Morgan fingerprint density at radius 2 is 1.77 bits per heavy atom. The van der Waals surface area contributed by atoms with Crippen molar-refractivity contribution in [1.82, 2.24) is 0 Å². The lowest BCUT2D eigenvalue weighted by Crippen LogP contribution is -2.52. The maximum atomic E-state index is 10.8. The van der Waals surface area contributed by atoms with Gasteiger partial charge in [-0.3, -0.25) is 0 Å². The Hall–Kier alpha value is -0.123. The fraction of sp³-hybridized carbons (Fsp3) is 0.913. The Morgan fingerprint density at radius 1 is 1.15 bits per heavy atom. The highest BCUT2D eigenvalue weighted by Gasteiger charge is 2.50. The maximum Gasteiger partial charge on any atom is 0.191 e. The fourth-order valence-corrected chi connectivity index (χ4v) is 6.57. The van der Waals surface area contributed by atoms with Crippen LogP contribution in [0.1, 0.15) is 67.7 Å². The van der Waals surface area contributed by atoms with Crippen LogP contribution in [0.4, 0.5) is 0 Å². The molecule has 2 rings (SSSR count). The molecule has 3 heteroatoms. The van der Waals surface area contributed by atoms with Gasteiger partial charge in [0.05, 0.1) is 6.10 Å².